The molecular formula is C128H78N2O. The van der Waals surface area contributed by atoms with Crippen molar-refractivity contribution in [3.05, 3.63) is 518 Å². The van der Waals surface area contributed by atoms with E-state index < -0.39 is 10.8 Å². The topological polar surface area (TPSA) is 19.6 Å². The van der Waals surface area contributed by atoms with Crippen molar-refractivity contribution in [2.24, 2.45) is 0 Å². The summed E-state index contributed by atoms with van der Waals surface area (Å²) in [6.45, 7) is 0. The fourth-order valence-electron chi connectivity index (χ4n) is 24.0. The number of fused-ring (bicyclic) bond motifs is 35. The summed E-state index contributed by atoms with van der Waals surface area (Å²) in [6.07, 6.45) is 0. The Morgan fingerprint density at radius 2 is 0.481 bits per heavy atom. The van der Waals surface area contributed by atoms with Gasteiger partial charge in [-0.15, -0.1) is 0 Å². The number of furan rings is 1. The van der Waals surface area contributed by atoms with Crippen LogP contribution in [-0.4, -0.2) is 0 Å². The minimum absolute atomic E-state index is 0.509. The Bertz CT molecular complexity index is 8840. The van der Waals surface area contributed by atoms with E-state index in [1.165, 1.54) is 176 Å². The summed E-state index contributed by atoms with van der Waals surface area (Å²) >= 11 is 0. The number of nitrogens with zero attached hydrogens (tertiary/aromatic N) is 2. The zero-order valence-corrected chi connectivity index (χ0v) is 71.3. The lowest BCUT2D eigenvalue weighted by Gasteiger charge is -2.31. The summed E-state index contributed by atoms with van der Waals surface area (Å²) in [7, 11) is 0. The second-order valence-electron chi connectivity index (χ2n) is 35.8. The molecule has 0 unspecified atom stereocenters. The van der Waals surface area contributed by atoms with Gasteiger partial charge in [-0.05, 0) is 301 Å². The first-order valence-corrected chi connectivity index (χ1v) is 45.6. The summed E-state index contributed by atoms with van der Waals surface area (Å²) in [5.41, 5.74) is 38.9. The lowest BCUT2D eigenvalue weighted by molar-refractivity contribution is 0.670. The molecule has 0 saturated carbocycles. The first-order chi connectivity index (χ1) is 65.0. The molecule has 2 spiro atoms. The molecule has 0 atom stereocenters. The second-order valence-corrected chi connectivity index (χ2v) is 35.8. The van der Waals surface area contributed by atoms with Crippen molar-refractivity contribution in [3.8, 4) is 100 Å². The van der Waals surface area contributed by atoms with Crippen LogP contribution in [0.4, 0.5) is 34.1 Å². The van der Waals surface area contributed by atoms with Crippen molar-refractivity contribution in [1.29, 1.82) is 0 Å². The van der Waals surface area contributed by atoms with Gasteiger partial charge < -0.3 is 14.2 Å². The molecular weight excluding hydrogens is 1580 g/mol. The number of hydrogen-bond donors (Lipinski definition) is 0. The highest BCUT2D eigenvalue weighted by atomic mass is 16.3. The molecule has 28 rings (SSSR count). The molecule has 1 heterocycles. The van der Waals surface area contributed by atoms with E-state index in [4.69, 9.17) is 4.42 Å². The third-order valence-corrected chi connectivity index (χ3v) is 29.4. The molecule has 4 aliphatic carbocycles. The van der Waals surface area contributed by atoms with Crippen molar-refractivity contribution in [1.82, 2.24) is 0 Å². The van der Waals surface area contributed by atoms with Crippen molar-refractivity contribution < 1.29 is 4.42 Å². The van der Waals surface area contributed by atoms with Crippen LogP contribution < -0.4 is 9.80 Å². The van der Waals surface area contributed by atoms with Crippen molar-refractivity contribution in [2.75, 3.05) is 9.80 Å². The zero-order chi connectivity index (χ0) is 85.7. The molecule has 0 saturated heterocycles. The molecule has 3 nitrogen and oxygen atoms in total. The van der Waals surface area contributed by atoms with Crippen LogP contribution in [0.15, 0.2) is 478 Å². The van der Waals surface area contributed by atoms with Crippen LogP contribution in [-0.2, 0) is 10.8 Å². The van der Waals surface area contributed by atoms with E-state index in [0.717, 1.165) is 89.4 Å². The highest BCUT2D eigenvalue weighted by Gasteiger charge is 2.54. The zero-order valence-electron chi connectivity index (χ0n) is 71.3. The van der Waals surface area contributed by atoms with E-state index >= 15 is 0 Å². The Hall–Kier alpha value is -17.0. The van der Waals surface area contributed by atoms with Crippen LogP contribution >= 0.6 is 0 Å². The van der Waals surface area contributed by atoms with Gasteiger partial charge in [0.1, 0.15) is 11.2 Å². The van der Waals surface area contributed by atoms with E-state index in [1.54, 1.807) is 0 Å². The van der Waals surface area contributed by atoms with Gasteiger partial charge in [0.05, 0.1) is 21.9 Å². The Kier molecular flexibility index (Phi) is 15.8. The summed E-state index contributed by atoms with van der Waals surface area (Å²) in [5, 5.41) is 16.8. The quantitative estimate of drug-likeness (QED) is 0.120. The van der Waals surface area contributed by atoms with Gasteiger partial charge in [-0.2, -0.15) is 0 Å². The molecule has 0 bridgehead atoms. The van der Waals surface area contributed by atoms with Crippen molar-refractivity contribution in [3.63, 3.8) is 0 Å². The van der Waals surface area contributed by atoms with Gasteiger partial charge in [0.25, 0.3) is 0 Å². The molecule has 0 fully saturated rings. The SMILES string of the molecule is c1ccc(-c2ccc(N(c3cccc(-c4ccc5c(c4)C4(c6ccccc6-c6ccccc64)c4ccc(-c6cccc7c8cc(N(c9ccc(-c%10ccccc%10)cc9)c9ccc(-c%10ccc%11c(c%10)C%10(c%12ccccc%12-c%12ccccc%12%10)c%10ccccc%10-%11)c%10oc%11ccccc%11c9%10)ccc8c8ccccc8c67)cc4-5)c3)c3ccc4c5ccccc5c5ccccc5c4c3)cc2)cc1. The van der Waals surface area contributed by atoms with Gasteiger partial charge in [0.15, 0.2) is 0 Å². The fraction of sp³-hybridized carbons (Fsp3) is 0.0156. The molecule has 23 aromatic carbocycles. The van der Waals surface area contributed by atoms with E-state index in [-0.39, 0.29) is 0 Å². The summed E-state index contributed by atoms with van der Waals surface area (Å²) in [5.74, 6) is 0. The minimum atomic E-state index is -0.622. The molecule has 606 valence electrons. The first-order valence-electron chi connectivity index (χ1n) is 45.6. The first kappa shape index (κ1) is 73.2. The standard InChI is InChI=1S/C128H78N2O/c1-3-27-79(28-4-1)81-53-60-87(61-54-81)129(90-64-68-99-96-35-8-7-33-94(96)95-34-9-10-37-98(95)111(99)77-90)89-32-25-31-83(73-89)84-57-66-107-113-74-85(59-71-119(113)128(120(107)75-84)116-49-21-15-40-103(116)104-41-16-22-50-117(104)128)92-45-26-46-109-112-78-91(65-69-100(112)97-36-11-12-43-108(97)124(92)109)130(88-62-55-82(56-63-88)80-29-5-2-6-30-80)122-72-70-93(126-125(122)110-44-18-24-52-123(110)131-126)86-58-67-106-105-42-17-23-51-118(105)127(121(106)76-86)114-47-19-13-38-101(114)102-39-14-20-48-115(102)127/h1-78H. The lowest BCUT2D eigenvalue weighted by Crippen LogP contribution is -2.25. The average Bonchev–Trinajstić information content (AvgIpc) is 1.51. The van der Waals surface area contributed by atoms with E-state index in [1.807, 2.05) is 0 Å². The number of para-hydroxylation sites is 1. The number of rotatable bonds is 11. The lowest BCUT2D eigenvalue weighted by atomic mass is 9.70. The van der Waals surface area contributed by atoms with E-state index in [0.29, 0.717) is 0 Å². The Balaban J connectivity index is 0.607. The highest BCUT2D eigenvalue weighted by molar-refractivity contribution is 6.30. The van der Waals surface area contributed by atoms with Gasteiger partial charge in [-0.25, -0.2) is 0 Å². The van der Waals surface area contributed by atoms with Crippen molar-refractivity contribution in [2.45, 2.75) is 10.8 Å². The highest BCUT2D eigenvalue weighted by Crippen LogP contribution is 2.66. The van der Waals surface area contributed by atoms with Gasteiger partial charge in [0.2, 0.25) is 0 Å². The Morgan fingerprint density at radius 3 is 1.04 bits per heavy atom. The van der Waals surface area contributed by atoms with Crippen molar-refractivity contribution >= 4 is 121 Å². The molecule has 3 heteroatoms. The predicted molar refractivity (Wildman–Crippen MR) is 548 cm³/mol. The van der Waals surface area contributed by atoms with Gasteiger partial charge in [-0.1, -0.05) is 376 Å². The molecule has 0 N–H and O–H groups in total. The van der Waals surface area contributed by atoms with Gasteiger partial charge in [-0.3, -0.25) is 0 Å². The van der Waals surface area contributed by atoms with Crippen LogP contribution in [0.2, 0.25) is 0 Å². The monoisotopic (exact) mass is 1660 g/mol. The molecule has 131 heavy (non-hydrogen) atoms. The third-order valence-electron chi connectivity index (χ3n) is 29.4. The number of anilines is 6. The maximum absolute atomic E-state index is 7.40. The maximum atomic E-state index is 7.40. The Labute approximate surface area is 758 Å². The average molecular weight is 1660 g/mol. The molecule has 4 aliphatic rings. The van der Waals surface area contributed by atoms with E-state index in [9.17, 15) is 0 Å². The van der Waals surface area contributed by atoms with E-state index in [2.05, 4.69) is 483 Å². The normalized spacial score (nSPS) is 13.2. The smallest absolute Gasteiger partial charge is 0.145 e. The van der Waals surface area contributed by atoms with Crippen LogP contribution in [0.1, 0.15) is 44.5 Å². The molecule has 0 aliphatic heterocycles. The van der Waals surface area contributed by atoms with Crippen LogP contribution in [0.3, 0.4) is 0 Å². The van der Waals surface area contributed by atoms with Gasteiger partial charge in [0, 0.05) is 39.4 Å². The molecule has 24 aromatic rings. The molecule has 0 radical (unpaired) electrons. The maximum Gasteiger partial charge on any atom is 0.145 e. The molecule has 1 aromatic heterocycles. The second kappa shape index (κ2) is 28.3. The van der Waals surface area contributed by atoms with Gasteiger partial charge >= 0.3 is 0 Å². The van der Waals surface area contributed by atoms with Crippen LogP contribution in [0, 0.1) is 0 Å². The third kappa shape index (κ3) is 10.5. The number of hydrogen-bond acceptors (Lipinski definition) is 3. The summed E-state index contributed by atoms with van der Waals surface area (Å²) in [4.78, 5) is 4.94. The Morgan fingerprint density at radius 1 is 0.153 bits per heavy atom. The minimum Gasteiger partial charge on any atom is -0.455 e. The summed E-state index contributed by atoms with van der Waals surface area (Å²) < 4.78 is 7.40. The fourth-order valence-corrected chi connectivity index (χ4v) is 24.0. The largest absolute Gasteiger partial charge is 0.455 e. The molecule has 0 amide bonds. The summed E-state index contributed by atoms with van der Waals surface area (Å²) in [6, 6.07) is 178. The van der Waals surface area contributed by atoms with Crippen LogP contribution in [0.5, 0.6) is 0 Å². The predicted octanol–water partition coefficient (Wildman–Crippen LogP) is 34.5. The number of benzene rings is 23. The van der Waals surface area contributed by atoms with Crippen LogP contribution in [0.25, 0.3) is 187 Å².